The van der Waals surface area contributed by atoms with Gasteiger partial charge in [0.1, 0.15) is 11.6 Å². The third-order valence-corrected chi connectivity index (χ3v) is 6.05. The number of anilines is 3. The smallest absolute Gasteiger partial charge is 0.329 e. The number of pyridine rings is 1. The van der Waals surface area contributed by atoms with E-state index in [1.54, 1.807) is 43.5 Å². The van der Waals surface area contributed by atoms with Crippen LogP contribution in [0, 0.1) is 5.82 Å². The standard InChI is InChI=1S/C29H21ClFN5O3/c1-39-22-11-13-25-24(15-22)27(23-12-4-18(30)14-26(23)35-25)33-20-7-9-21(10-8-20)34-28(37)29(38)36-32-16-17-2-5-19(31)6-3-17/h2-16H,1H3,(H,33,35)(H,34,37)(H,36,38)/b32-16+. The maximum Gasteiger partial charge on any atom is 0.329 e. The molecule has 0 radical (unpaired) electrons. The van der Waals surface area contributed by atoms with Crippen LogP contribution in [0.1, 0.15) is 5.56 Å². The number of methoxy groups -OCH3 is 1. The number of aromatic nitrogens is 1. The number of carbonyl (C=O) groups is 2. The van der Waals surface area contributed by atoms with Crippen LogP contribution >= 0.6 is 11.6 Å². The third-order valence-electron chi connectivity index (χ3n) is 5.81. The van der Waals surface area contributed by atoms with E-state index in [-0.39, 0.29) is 5.82 Å². The van der Waals surface area contributed by atoms with Gasteiger partial charge in [-0.1, -0.05) is 23.7 Å². The number of hydrogen-bond acceptors (Lipinski definition) is 6. The Bertz CT molecular complexity index is 1720. The summed E-state index contributed by atoms with van der Waals surface area (Å²) in [6, 6.07) is 23.5. The van der Waals surface area contributed by atoms with Crippen LogP contribution in [-0.2, 0) is 9.59 Å². The van der Waals surface area contributed by atoms with Crippen LogP contribution in [0.4, 0.5) is 21.5 Å². The van der Waals surface area contributed by atoms with E-state index >= 15 is 0 Å². The van der Waals surface area contributed by atoms with Gasteiger partial charge in [-0.15, -0.1) is 0 Å². The zero-order chi connectivity index (χ0) is 27.4. The topological polar surface area (TPSA) is 105 Å². The molecule has 0 fully saturated rings. The Morgan fingerprint density at radius 2 is 1.62 bits per heavy atom. The second-order valence-corrected chi connectivity index (χ2v) is 8.87. The molecule has 0 aliphatic rings. The molecule has 0 atom stereocenters. The molecular formula is C29H21ClFN5O3. The highest BCUT2D eigenvalue weighted by atomic mass is 35.5. The first kappa shape index (κ1) is 25.6. The molecule has 0 saturated heterocycles. The number of ether oxygens (including phenoxy) is 1. The van der Waals surface area contributed by atoms with Crippen LogP contribution in [0.3, 0.4) is 0 Å². The highest BCUT2D eigenvalue weighted by molar-refractivity contribution is 6.39. The van der Waals surface area contributed by atoms with Crippen molar-refractivity contribution in [3.8, 4) is 5.75 Å². The van der Waals surface area contributed by atoms with Gasteiger partial charge in [0.05, 0.1) is 30.0 Å². The number of hydrogen-bond donors (Lipinski definition) is 3. The van der Waals surface area contributed by atoms with Gasteiger partial charge in [0.2, 0.25) is 0 Å². The van der Waals surface area contributed by atoms with Gasteiger partial charge in [-0.05, 0) is 78.4 Å². The Balaban J connectivity index is 1.31. The quantitative estimate of drug-likeness (QED) is 0.105. The largest absolute Gasteiger partial charge is 0.497 e. The second-order valence-electron chi connectivity index (χ2n) is 8.44. The van der Waals surface area contributed by atoms with E-state index in [1.807, 2.05) is 24.3 Å². The number of hydrazone groups is 1. The first-order valence-electron chi connectivity index (χ1n) is 11.7. The van der Waals surface area contributed by atoms with E-state index in [9.17, 15) is 14.0 Å². The summed E-state index contributed by atoms with van der Waals surface area (Å²) >= 11 is 6.21. The van der Waals surface area contributed by atoms with E-state index in [0.717, 1.165) is 33.2 Å². The third kappa shape index (κ3) is 5.94. The van der Waals surface area contributed by atoms with Gasteiger partial charge in [0, 0.05) is 27.2 Å². The molecule has 4 aromatic carbocycles. The molecule has 194 valence electrons. The summed E-state index contributed by atoms with van der Waals surface area (Å²) in [6.45, 7) is 0. The minimum atomic E-state index is -0.946. The molecule has 5 aromatic rings. The van der Waals surface area contributed by atoms with E-state index in [1.165, 1.54) is 30.5 Å². The molecule has 2 amide bonds. The molecule has 0 unspecified atom stereocenters. The number of halogens is 2. The van der Waals surface area contributed by atoms with Crippen LogP contribution < -0.4 is 20.8 Å². The average Bonchev–Trinajstić information content (AvgIpc) is 2.94. The van der Waals surface area contributed by atoms with Gasteiger partial charge in [0.25, 0.3) is 0 Å². The van der Waals surface area contributed by atoms with Gasteiger partial charge in [-0.3, -0.25) is 9.59 Å². The lowest BCUT2D eigenvalue weighted by Gasteiger charge is -2.15. The summed E-state index contributed by atoms with van der Waals surface area (Å²) in [4.78, 5) is 29.1. The summed E-state index contributed by atoms with van der Waals surface area (Å²) in [5.41, 5.74) is 6.20. The van der Waals surface area contributed by atoms with E-state index < -0.39 is 11.8 Å². The molecule has 10 heteroatoms. The van der Waals surface area contributed by atoms with Crippen molar-refractivity contribution in [3.05, 3.63) is 101 Å². The van der Waals surface area contributed by atoms with Crippen molar-refractivity contribution in [2.45, 2.75) is 0 Å². The summed E-state index contributed by atoms with van der Waals surface area (Å²) in [6.07, 6.45) is 1.31. The van der Waals surface area contributed by atoms with Crippen molar-refractivity contribution in [2.75, 3.05) is 17.7 Å². The fraction of sp³-hybridized carbons (Fsp3) is 0.0345. The Morgan fingerprint density at radius 3 is 2.36 bits per heavy atom. The van der Waals surface area contributed by atoms with Crippen LogP contribution in [0.15, 0.2) is 90.0 Å². The monoisotopic (exact) mass is 541 g/mol. The molecule has 8 nitrogen and oxygen atoms in total. The number of rotatable bonds is 6. The Labute approximate surface area is 227 Å². The van der Waals surface area contributed by atoms with Gasteiger partial charge in [-0.2, -0.15) is 5.10 Å². The molecule has 0 aliphatic heterocycles. The second kappa shape index (κ2) is 11.2. The zero-order valence-corrected chi connectivity index (χ0v) is 21.3. The van der Waals surface area contributed by atoms with Crippen molar-refractivity contribution < 1.29 is 18.7 Å². The van der Waals surface area contributed by atoms with Crippen molar-refractivity contribution in [2.24, 2.45) is 5.10 Å². The van der Waals surface area contributed by atoms with Crippen molar-refractivity contribution in [1.82, 2.24) is 10.4 Å². The van der Waals surface area contributed by atoms with E-state index in [0.29, 0.717) is 22.0 Å². The number of nitrogens with one attached hydrogen (secondary N) is 3. The van der Waals surface area contributed by atoms with Gasteiger partial charge in [-0.25, -0.2) is 14.8 Å². The van der Waals surface area contributed by atoms with Gasteiger partial charge >= 0.3 is 11.8 Å². The van der Waals surface area contributed by atoms with Crippen LogP contribution in [0.2, 0.25) is 5.02 Å². The molecule has 1 heterocycles. The predicted octanol–water partition coefficient (Wildman–Crippen LogP) is 6.02. The fourth-order valence-electron chi connectivity index (χ4n) is 3.89. The molecule has 0 saturated carbocycles. The number of benzene rings is 4. The van der Waals surface area contributed by atoms with Crippen LogP contribution in [0.5, 0.6) is 5.75 Å². The predicted molar refractivity (Wildman–Crippen MR) is 151 cm³/mol. The summed E-state index contributed by atoms with van der Waals surface area (Å²) < 4.78 is 18.4. The minimum Gasteiger partial charge on any atom is -0.497 e. The minimum absolute atomic E-state index is 0.385. The maximum atomic E-state index is 13.0. The molecule has 0 spiro atoms. The Morgan fingerprint density at radius 1 is 0.872 bits per heavy atom. The van der Waals surface area contributed by atoms with Gasteiger partial charge < -0.3 is 15.4 Å². The number of carbonyl (C=O) groups excluding carboxylic acids is 2. The lowest BCUT2D eigenvalue weighted by Crippen LogP contribution is -2.32. The average molecular weight is 542 g/mol. The number of amides is 2. The molecule has 0 bridgehead atoms. The highest BCUT2D eigenvalue weighted by Crippen LogP contribution is 2.36. The van der Waals surface area contributed by atoms with E-state index in [4.69, 9.17) is 21.3 Å². The highest BCUT2D eigenvalue weighted by Gasteiger charge is 2.14. The molecule has 39 heavy (non-hydrogen) atoms. The van der Waals surface area contributed by atoms with Crippen molar-refractivity contribution in [1.29, 1.82) is 0 Å². The first-order valence-corrected chi connectivity index (χ1v) is 12.1. The van der Waals surface area contributed by atoms with Crippen molar-refractivity contribution >= 4 is 68.5 Å². The van der Waals surface area contributed by atoms with E-state index in [2.05, 4.69) is 21.2 Å². The lowest BCUT2D eigenvalue weighted by molar-refractivity contribution is -0.136. The SMILES string of the molecule is COc1ccc2nc3cc(Cl)ccc3c(Nc3ccc(NC(=O)C(=O)N/N=C/c4ccc(F)cc4)cc3)c2c1. The van der Waals surface area contributed by atoms with Crippen LogP contribution in [0.25, 0.3) is 21.8 Å². The fourth-order valence-corrected chi connectivity index (χ4v) is 4.06. The maximum absolute atomic E-state index is 13.0. The van der Waals surface area contributed by atoms with Crippen LogP contribution in [-0.4, -0.2) is 30.1 Å². The molecule has 5 rings (SSSR count). The van der Waals surface area contributed by atoms with Crippen molar-refractivity contribution in [3.63, 3.8) is 0 Å². The lowest BCUT2D eigenvalue weighted by atomic mass is 10.1. The number of nitrogens with zero attached hydrogens (tertiary/aromatic N) is 2. The Kier molecular flexibility index (Phi) is 7.33. The molecule has 1 aromatic heterocycles. The van der Waals surface area contributed by atoms with Gasteiger partial charge in [0.15, 0.2) is 0 Å². The zero-order valence-electron chi connectivity index (χ0n) is 20.5. The Hall–Kier alpha value is -5.02. The summed E-state index contributed by atoms with van der Waals surface area (Å²) in [7, 11) is 1.60. The summed E-state index contributed by atoms with van der Waals surface area (Å²) in [5.74, 6) is -1.52. The normalized spacial score (nSPS) is 11.1. The first-order chi connectivity index (χ1) is 18.9. The summed E-state index contributed by atoms with van der Waals surface area (Å²) in [5, 5.41) is 12.0. The number of fused-ring (bicyclic) bond motifs is 2. The molecule has 0 aliphatic carbocycles. The molecule has 3 N–H and O–H groups in total. The molecular weight excluding hydrogens is 521 g/mol.